The van der Waals surface area contributed by atoms with Gasteiger partial charge in [-0.3, -0.25) is 0 Å². The van der Waals surface area contributed by atoms with Crippen molar-refractivity contribution in [2.45, 2.75) is 19.4 Å². The van der Waals surface area contributed by atoms with Crippen LogP contribution in [0.1, 0.15) is 23.5 Å². The van der Waals surface area contributed by atoms with Crippen LogP contribution < -0.4 is 5.32 Å². The Kier molecular flexibility index (Phi) is 4.54. The molecule has 2 rings (SSSR count). The van der Waals surface area contributed by atoms with Gasteiger partial charge in [0.1, 0.15) is 0 Å². The Morgan fingerprint density at radius 3 is 2.94 bits per heavy atom. The summed E-state index contributed by atoms with van der Waals surface area (Å²) < 4.78 is 0. The van der Waals surface area contributed by atoms with Crippen LogP contribution in [0, 0.1) is 0 Å². The van der Waals surface area contributed by atoms with Crippen molar-refractivity contribution in [3.63, 3.8) is 0 Å². The lowest BCUT2D eigenvalue weighted by molar-refractivity contribution is 0.576. The molecule has 1 unspecified atom stereocenters. The van der Waals surface area contributed by atoms with Crippen LogP contribution >= 0.6 is 22.9 Å². The maximum absolute atomic E-state index is 6.15. The van der Waals surface area contributed by atoms with E-state index < -0.39 is 0 Å². The highest BCUT2D eigenvalue weighted by Crippen LogP contribution is 2.21. The van der Waals surface area contributed by atoms with Gasteiger partial charge in [0.2, 0.25) is 0 Å². The van der Waals surface area contributed by atoms with E-state index in [0.29, 0.717) is 0 Å². The lowest BCUT2D eigenvalue weighted by atomic mass is 10.1. The Balaban J connectivity index is 1.85. The van der Waals surface area contributed by atoms with Crippen LogP contribution in [0.25, 0.3) is 0 Å². The van der Waals surface area contributed by atoms with Gasteiger partial charge in [-0.15, -0.1) is 11.3 Å². The van der Waals surface area contributed by atoms with Crippen molar-refractivity contribution in [2.24, 2.45) is 0 Å². The standard InChI is InChI=1S/C13H15ClN2S/c1-10(11-4-2-3-5-12(11)14)15-7-6-13-16-8-9-17-13/h2-5,8-10,15H,6-7H2,1H3. The largest absolute Gasteiger partial charge is 0.310 e. The Labute approximate surface area is 111 Å². The lowest BCUT2D eigenvalue weighted by Gasteiger charge is -2.15. The number of aromatic nitrogens is 1. The van der Waals surface area contributed by atoms with Gasteiger partial charge >= 0.3 is 0 Å². The summed E-state index contributed by atoms with van der Waals surface area (Å²) >= 11 is 7.84. The maximum atomic E-state index is 6.15. The van der Waals surface area contributed by atoms with E-state index in [-0.39, 0.29) is 6.04 Å². The fourth-order valence-electron chi connectivity index (χ4n) is 1.71. The molecule has 0 saturated heterocycles. The lowest BCUT2D eigenvalue weighted by Crippen LogP contribution is -2.21. The number of rotatable bonds is 5. The number of hydrogen-bond donors (Lipinski definition) is 1. The predicted octanol–water partition coefficient (Wildman–Crippen LogP) is 3.69. The third kappa shape index (κ3) is 3.53. The maximum Gasteiger partial charge on any atom is 0.0937 e. The van der Waals surface area contributed by atoms with Crippen LogP contribution in [0.5, 0.6) is 0 Å². The molecule has 0 aliphatic heterocycles. The van der Waals surface area contributed by atoms with Crippen LogP contribution in [0.15, 0.2) is 35.8 Å². The SMILES string of the molecule is CC(NCCc1nccs1)c1ccccc1Cl. The summed E-state index contributed by atoms with van der Waals surface area (Å²) in [4.78, 5) is 4.26. The third-order valence-corrected chi connectivity index (χ3v) is 3.83. The fraction of sp³-hybridized carbons (Fsp3) is 0.308. The van der Waals surface area contributed by atoms with E-state index >= 15 is 0 Å². The topological polar surface area (TPSA) is 24.9 Å². The molecule has 0 bridgehead atoms. The number of hydrogen-bond acceptors (Lipinski definition) is 3. The van der Waals surface area contributed by atoms with Gasteiger partial charge in [-0.05, 0) is 18.6 Å². The van der Waals surface area contributed by atoms with E-state index in [0.717, 1.165) is 23.6 Å². The molecule has 2 nitrogen and oxygen atoms in total. The highest BCUT2D eigenvalue weighted by Gasteiger charge is 2.08. The Morgan fingerprint density at radius 1 is 1.41 bits per heavy atom. The first-order chi connectivity index (χ1) is 8.27. The quantitative estimate of drug-likeness (QED) is 0.893. The molecule has 1 aromatic heterocycles. The van der Waals surface area contributed by atoms with Gasteiger partial charge in [-0.25, -0.2) is 4.98 Å². The molecule has 2 aromatic rings. The minimum atomic E-state index is 0.267. The van der Waals surface area contributed by atoms with Gasteiger partial charge in [0.25, 0.3) is 0 Å². The van der Waals surface area contributed by atoms with Crippen LogP contribution in [-0.2, 0) is 6.42 Å². The first kappa shape index (κ1) is 12.6. The van der Waals surface area contributed by atoms with Gasteiger partial charge in [0.05, 0.1) is 5.01 Å². The second kappa shape index (κ2) is 6.15. The molecule has 1 heterocycles. The van der Waals surface area contributed by atoms with Crippen molar-refractivity contribution in [1.82, 2.24) is 10.3 Å². The van der Waals surface area contributed by atoms with Crippen molar-refractivity contribution < 1.29 is 0 Å². The highest BCUT2D eigenvalue weighted by molar-refractivity contribution is 7.09. The monoisotopic (exact) mass is 266 g/mol. The molecule has 0 aliphatic rings. The molecule has 0 aliphatic carbocycles. The average molecular weight is 267 g/mol. The molecule has 0 spiro atoms. The molecule has 1 N–H and O–H groups in total. The minimum absolute atomic E-state index is 0.267. The van der Waals surface area contributed by atoms with E-state index in [1.807, 2.05) is 29.8 Å². The molecule has 1 aromatic carbocycles. The Morgan fingerprint density at radius 2 is 2.24 bits per heavy atom. The molecule has 0 fully saturated rings. The van der Waals surface area contributed by atoms with E-state index in [9.17, 15) is 0 Å². The van der Waals surface area contributed by atoms with Crippen molar-refractivity contribution in [1.29, 1.82) is 0 Å². The Bertz CT molecular complexity index is 456. The number of benzene rings is 1. The molecule has 90 valence electrons. The highest BCUT2D eigenvalue weighted by atomic mass is 35.5. The smallest absolute Gasteiger partial charge is 0.0937 e. The van der Waals surface area contributed by atoms with E-state index in [1.54, 1.807) is 11.3 Å². The molecular weight excluding hydrogens is 252 g/mol. The predicted molar refractivity (Wildman–Crippen MR) is 73.7 cm³/mol. The van der Waals surface area contributed by atoms with Crippen molar-refractivity contribution in [3.8, 4) is 0 Å². The van der Waals surface area contributed by atoms with Gasteiger partial charge < -0.3 is 5.32 Å². The van der Waals surface area contributed by atoms with Gasteiger partial charge in [-0.2, -0.15) is 0 Å². The van der Waals surface area contributed by atoms with Crippen LogP contribution in [0.4, 0.5) is 0 Å². The zero-order valence-corrected chi connectivity index (χ0v) is 11.3. The molecule has 0 radical (unpaired) electrons. The number of thiazole rings is 1. The van der Waals surface area contributed by atoms with E-state index in [1.165, 1.54) is 5.01 Å². The summed E-state index contributed by atoms with van der Waals surface area (Å²) in [6.07, 6.45) is 2.81. The third-order valence-electron chi connectivity index (χ3n) is 2.64. The molecule has 0 saturated carbocycles. The number of nitrogens with zero attached hydrogens (tertiary/aromatic N) is 1. The number of nitrogens with one attached hydrogen (secondary N) is 1. The zero-order valence-electron chi connectivity index (χ0n) is 9.69. The minimum Gasteiger partial charge on any atom is -0.310 e. The molecule has 0 amide bonds. The van der Waals surface area contributed by atoms with E-state index in [2.05, 4.69) is 23.3 Å². The van der Waals surface area contributed by atoms with Crippen LogP contribution in [0.3, 0.4) is 0 Å². The summed E-state index contributed by atoms with van der Waals surface area (Å²) in [6, 6.07) is 8.22. The number of halogens is 1. The van der Waals surface area contributed by atoms with Gasteiger partial charge in [0, 0.05) is 35.6 Å². The summed E-state index contributed by atoms with van der Waals surface area (Å²) in [7, 11) is 0. The first-order valence-corrected chi connectivity index (χ1v) is 6.89. The van der Waals surface area contributed by atoms with Crippen molar-refractivity contribution in [3.05, 3.63) is 51.4 Å². The second-order valence-electron chi connectivity index (χ2n) is 3.87. The van der Waals surface area contributed by atoms with Crippen LogP contribution in [-0.4, -0.2) is 11.5 Å². The summed E-state index contributed by atoms with van der Waals surface area (Å²) in [5, 5.41) is 7.46. The van der Waals surface area contributed by atoms with E-state index in [4.69, 9.17) is 11.6 Å². The van der Waals surface area contributed by atoms with Crippen molar-refractivity contribution >= 4 is 22.9 Å². The molecule has 1 atom stereocenters. The second-order valence-corrected chi connectivity index (χ2v) is 5.26. The average Bonchev–Trinajstić information content (AvgIpc) is 2.82. The van der Waals surface area contributed by atoms with Gasteiger partial charge in [-0.1, -0.05) is 29.8 Å². The summed E-state index contributed by atoms with van der Waals surface area (Å²) in [5.41, 5.74) is 1.15. The van der Waals surface area contributed by atoms with Crippen molar-refractivity contribution in [2.75, 3.05) is 6.54 Å². The summed E-state index contributed by atoms with van der Waals surface area (Å²) in [6.45, 7) is 3.04. The zero-order chi connectivity index (χ0) is 12.1. The Hall–Kier alpha value is -0.900. The molecule has 4 heteroatoms. The normalized spacial score (nSPS) is 12.6. The first-order valence-electron chi connectivity index (χ1n) is 5.63. The molecular formula is C13H15ClN2S. The molecule has 17 heavy (non-hydrogen) atoms. The van der Waals surface area contributed by atoms with Crippen LogP contribution in [0.2, 0.25) is 5.02 Å². The fourth-order valence-corrected chi connectivity index (χ4v) is 2.63. The summed E-state index contributed by atoms with van der Waals surface area (Å²) in [5.74, 6) is 0. The van der Waals surface area contributed by atoms with Gasteiger partial charge in [0.15, 0.2) is 0 Å².